The summed E-state index contributed by atoms with van der Waals surface area (Å²) >= 11 is 0. The minimum atomic E-state index is -3.86. The minimum Gasteiger partial charge on any atom is -0.480 e. The topological polar surface area (TPSA) is 86.7 Å². The van der Waals surface area contributed by atoms with E-state index in [1.54, 1.807) is 24.3 Å². The second-order valence-corrected chi connectivity index (χ2v) is 6.86. The zero-order valence-electron chi connectivity index (χ0n) is 11.4. The SMILES string of the molecule is CC(C)CNS(=O)(=O)N1c2ccccc2CC1C(=O)O. The van der Waals surface area contributed by atoms with Gasteiger partial charge in [-0.05, 0) is 17.5 Å². The number of rotatable bonds is 5. The lowest BCUT2D eigenvalue weighted by atomic mass is 10.1. The van der Waals surface area contributed by atoms with E-state index in [0.717, 1.165) is 9.87 Å². The third-order valence-corrected chi connectivity index (χ3v) is 4.64. The number of para-hydroxylation sites is 1. The molecule has 6 nitrogen and oxygen atoms in total. The summed E-state index contributed by atoms with van der Waals surface area (Å²) in [5.41, 5.74) is 1.17. The van der Waals surface area contributed by atoms with Crippen LogP contribution < -0.4 is 9.03 Å². The molecule has 20 heavy (non-hydrogen) atoms. The van der Waals surface area contributed by atoms with Crippen molar-refractivity contribution in [3.8, 4) is 0 Å². The average molecular weight is 298 g/mol. The molecule has 1 heterocycles. The molecule has 0 amide bonds. The van der Waals surface area contributed by atoms with Crippen LogP contribution in [0.15, 0.2) is 24.3 Å². The summed E-state index contributed by atoms with van der Waals surface area (Å²) in [5, 5.41) is 9.26. The molecule has 0 saturated heterocycles. The Morgan fingerprint density at radius 2 is 2.10 bits per heavy atom. The molecule has 1 aromatic rings. The fourth-order valence-electron chi connectivity index (χ4n) is 2.18. The monoisotopic (exact) mass is 298 g/mol. The van der Waals surface area contributed by atoms with Crippen LogP contribution in [-0.2, 0) is 21.4 Å². The molecule has 0 saturated carbocycles. The molecule has 0 spiro atoms. The highest BCUT2D eigenvalue weighted by Crippen LogP contribution is 2.33. The van der Waals surface area contributed by atoms with Crippen molar-refractivity contribution in [2.45, 2.75) is 26.3 Å². The highest BCUT2D eigenvalue weighted by atomic mass is 32.2. The van der Waals surface area contributed by atoms with Gasteiger partial charge in [0, 0.05) is 13.0 Å². The number of anilines is 1. The first-order valence-electron chi connectivity index (χ1n) is 6.42. The highest BCUT2D eigenvalue weighted by molar-refractivity contribution is 7.91. The maximum Gasteiger partial charge on any atom is 0.327 e. The summed E-state index contributed by atoms with van der Waals surface area (Å²) in [6.45, 7) is 4.04. The average Bonchev–Trinajstić information content (AvgIpc) is 2.76. The normalized spacial score (nSPS) is 18.4. The molecule has 0 radical (unpaired) electrons. The Morgan fingerprint density at radius 3 is 2.70 bits per heavy atom. The largest absolute Gasteiger partial charge is 0.480 e. The molecule has 110 valence electrons. The summed E-state index contributed by atoms with van der Waals surface area (Å²) in [7, 11) is -3.86. The Hall–Kier alpha value is -1.60. The van der Waals surface area contributed by atoms with Gasteiger partial charge < -0.3 is 5.11 Å². The van der Waals surface area contributed by atoms with E-state index in [4.69, 9.17) is 0 Å². The number of aliphatic carboxylic acids is 1. The first-order chi connectivity index (χ1) is 9.33. The molecular formula is C13H18N2O4S. The van der Waals surface area contributed by atoms with Gasteiger partial charge in [-0.1, -0.05) is 32.0 Å². The quantitative estimate of drug-likeness (QED) is 0.849. The number of carboxylic acid groups (broad SMARTS) is 1. The van der Waals surface area contributed by atoms with Gasteiger partial charge in [0.05, 0.1) is 5.69 Å². The molecule has 1 aliphatic rings. The van der Waals surface area contributed by atoms with E-state index < -0.39 is 22.2 Å². The van der Waals surface area contributed by atoms with Gasteiger partial charge in [-0.25, -0.2) is 9.10 Å². The van der Waals surface area contributed by atoms with Gasteiger partial charge in [0.15, 0.2) is 0 Å². The summed E-state index contributed by atoms with van der Waals surface area (Å²) in [6, 6.07) is 5.77. The predicted octanol–water partition coefficient (Wildman–Crippen LogP) is 0.993. The molecular weight excluding hydrogens is 280 g/mol. The van der Waals surface area contributed by atoms with Crippen LogP contribution in [0.4, 0.5) is 5.69 Å². The van der Waals surface area contributed by atoms with E-state index in [9.17, 15) is 18.3 Å². The zero-order chi connectivity index (χ0) is 14.9. The molecule has 0 aliphatic carbocycles. The third kappa shape index (κ3) is 2.78. The molecule has 1 unspecified atom stereocenters. The number of benzene rings is 1. The summed E-state index contributed by atoms with van der Waals surface area (Å²) in [6.07, 6.45) is 0.189. The standard InChI is InChI=1S/C13H18N2O4S/c1-9(2)8-14-20(18,19)15-11-6-4-3-5-10(11)7-12(15)13(16)17/h3-6,9,12,14H,7-8H2,1-2H3,(H,16,17). The van der Waals surface area contributed by atoms with Crippen molar-refractivity contribution >= 4 is 21.9 Å². The lowest BCUT2D eigenvalue weighted by Gasteiger charge is -2.24. The number of hydrogen-bond donors (Lipinski definition) is 2. The van der Waals surface area contributed by atoms with Crippen molar-refractivity contribution in [2.24, 2.45) is 5.92 Å². The molecule has 0 aromatic heterocycles. The van der Waals surface area contributed by atoms with E-state index in [1.165, 1.54) is 0 Å². The predicted molar refractivity (Wildman–Crippen MR) is 75.8 cm³/mol. The molecule has 2 N–H and O–H groups in total. The number of nitrogens with one attached hydrogen (secondary N) is 1. The van der Waals surface area contributed by atoms with Gasteiger partial charge in [0.25, 0.3) is 0 Å². The zero-order valence-corrected chi connectivity index (χ0v) is 12.2. The Balaban J connectivity index is 2.38. The third-order valence-electron chi connectivity index (χ3n) is 3.14. The molecule has 2 rings (SSSR count). The van der Waals surface area contributed by atoms with Gasteiger partial charge in [0.2, 0.25) is 0 Å². The van der Waals surface area contributed by atoms with Crippen molar-refractivity contribution in [3.63, 3.8) is 0 Å². The van der Waals surface area contributed by atoms with Crippen molar-refractivity contribution in [1.82, 2.24) is 4.72 Å². The minimum absolute atomic E-state index is 0.144. The van der Waals surface area contributed by atoms with Crippen LogP contribution in [0, 0.1) is 5.92 Å². The Morgan fingerprint density at radius 1 is 1.45 bits per heavy atom. The molecule has 1 atom stereocenters. The van der Waals surface area contributed by atoms with E-state index in [2.05, 4.69) is 4.72 Å². The van der Waals surface area contributed by atoms with Crippen molar-refractivity contribution in [3.05, 3.63) is 29.8 Å². The van der Waals surface area contributed by atoms with E-state index in [1.807, 2.05) is 13.8 Å². The molecule has 0 fully saturated rings. The molecule has 0 bridgehead atoms. The van der Waals surface area contributed by atoms with Crippen LogP contribution in [0.25, 0.3) is 0 Å². The van der Waals surface area contributed by atoms with Gasteiger partial charge in [-0.15, -0.1) is 0 Å². The van der Waals surface area contributed by atoms with E-state index in [0.29, 0.717) is 5.69 Å². The van der Waals surface area contributed by atoms with Crippen molar-refractivity contribution in [2.75, 3.05) is 10.8 Å². The first kappa shape index (κ1) is 14.8. The van der Waals surface area contributed by atoms with Gasteiger partial charge in [0.1, 0.15) is 6.04 Å². The fourth-order valence-corrected chi connectivity index (χ4v) is 3.80. The smallest absolute Gasteiger partial charge is 0.327 e. The van der Waals surface area contributed by atoms with Crippen LogP contribution >= 0.6 is 0 Å². The second-order valence-electron chi connectivity index (χ2n) is 5.23. The summed E-state index contributed by atoms with van der Waals surface area (Å²) in [4.78, 5) is 11.3. The molecule has 1 aliphatic heterocycles. The van der Waals surface area contributed by atoms with Crippen LogP contribution in [0.3, 0.4) is 0 Å². The van der Waals surface area contributed by atoms with Crippen molar-refractivity contribution in [1.29, 1.82) is 0 Å². The maximum atomic E-state index is 12.4. The van der Waals surface area contributed by atoms with Gasteiger partial charge in [-0.2, -0.15) is 13.1 Å². The van der Waals surface area contributed by atoms with Crippen LogP contribution in [0.1, 0.15) is 19.4 Å². The lowest BCUT2D eigenvalue weighted by Crippen LogP contribution is -2.49. The molecule has 1 aromatic carbocycles. The number of carbonyl (C=O) groups is 1. The van der Waals surface area contributed by atoms with Gasteiger partial charge >= 0.3 is 16.2 Å². The number of hydrogen-bond acceptors (Lipinski definition) is 3. The second kappa shape index (κ2) is 5.41. The van der Waals surface area contributed by atoms with E-state index >= 15 is 0 Å². The first-order valence-corrected chi connectivity index (χ1v) is 7.86. The Bertz CT molecular complexity index is 613. The van der Waals surface area contributed by atoms with Crippen LogP contribution in [0.5, 0.6) is 0 Å². The van der Waals surface area contributed by atoms with E-state index in [-0.39, 0.29) is 18.9 Å². The number of nitrogens with zero attached hydrogens (tertiary/aromatic N) is 1. The van der Waals surface area contributed by atoms with Crippen molar-refractivity contribution < 1.29 is 18.3 Å². The molecule has 7 heteroatoms. The van der Waals surface area contributed by atoms with Crippen LogP contribution in [-0.4, -0.2) is 32.1 Å². The Kier molecular flexibility index (Phi) is 4.01. The number of fused-ring (bicyclic) bond motifs is 1. The maximum absolute atomic E-state index is 12.4. The number of carboxylic acids is 1. The summed E-state index contributed by atoms with van der Waals surface area (Å²) < 4.78 is 28.2. The fraction of sp³-hybridized carbons (Fsp3) is 0.462. The summed E-state index contributed by atoms with van der Waals surface area (Å²) in [5.74, 6) is -0.998. The lowest BCUT2D eigenvalue weighted by molar-refractivity contribution is -0.138. The highest BCUT2D eigenvalue weighted by Gasteiger charge is 2.41. The Labute approximate surface area is 118 Å². The van der Waals surface area contributed by atoms with Crippen LogP contribution in [0.2, 0.25) is 0 Å². The van der Waals surface area contributed by atoms with Gasteiger partial charge in [-0.3, -0.25) is 0 Å².